The SMILES string of the molecule is CC(C)Oc1ccc(-c2noc(C3CC3)n2)cc1Cl. The van der Waals surface area contributed by atoms with Crippen LogP contribution in [0, 0.1) is 0 Å². The molecule has 1 fully saturated rings. The summed E-state index contributed by atoms with van der Waals surface area (Å²) in [5, 5.41) is 4.55. The Balaban J connectivity index is 1.85. The molecule has 3 rings (SSSR count). The minimum atomic E-state index is 0.0926. The first-order chi connectivity index (χ1) is 9.13. The maximum Gasteiger partial charge on any atom is 0.230 e. The monoisotopic (exact) mass is 278 g/mol. The average molecular weight is 279 g/mol. The molecule has 0 radical (unpaired) electrons. The maximum atomic E-state index is 6.19. The second-order valence-electron chi connectivity index (χ2n) is 5.04. The molecule has 0 saturated heterocycles. The van der Waals surface area contributed by atoms with Crippen molar-refractivity contribution in [3.8, 4) is 17.1 Å². The van der Waals surface area contributed by atoms with Gasteiger partial charge in [-0.3, -0.25) is 0 Å². The Morgan fingerprint density at radius 1 is 1.37 bits per heavy atom. The fourth-order valence-electron chi connectivity index (χ4n) is 1.84. The molecule has 0 N–H and O–H groups in total. The quantitative estimate of drug-likeness (QED) is 0.846. The summed E-state index contributed by atoms with van der Waals surface area (Å²) in [5.74, 6) is 2.44. The van der Waals surface area contributed by atoms with Crippen LogP contribution in [0.1, 0.15) is 38.5 Å². The molecule has 1 heterocycles. The first-order valence-electron chi connectivity index (χ1n) is 6.43. The lowest BCUT2D eigenvalue weighted by Crippen LogP contribution is -2.05. The van der Waals surface area contributed by atoms with Gasteiger partial charge < -0.3 is 9.26 Å². The Kier molecular flexibility index (Phi) is 3.19. The van der Waals surface area contributed by atoms with Crippen LogP contribution in [0.2, 0.25) is 5.02 Å². The lowest BCUT2D eigenvalue weighted by Gasteiger charge is -2.11. The van der Waals surface area contributed by atoms with Gasteiger partial charge in [0, 0.05) is 11.5 Å². The third-order valence-electron chi connectivity index (χ3n) is 2.92. The third-order valence-corrected chi connectivity index (χ3v) is 3.22. The Morgan fingerprint density at radius 3 is 2.79 bits per heavy atom. The highest BCUT2D eigenvalue weighted by Gasteiger charge is 2.29. The maximum absolute atomic E-state index is 6.19. The lowest BCUT2D eigenvalue weighted by atomic mass is 10.2. The van der Waals surface area contributed by atoms with Crippen LogP contribution in [0.4, 0.5) is 0 Å². The predicted octanol–water partition coefficient (Wildman–Crippen LogP) is 4.05. The molecule has 0 amide bonds. The van der Waals surface area contributed by atoms with Crippen molar-refractivity contribution in [2.24, 2.45) is 0 Å². The summed E-state index contributed by atoms with van der Waals surface area (Å²) >= 11 is 6.19. The van der Waals surface area contributed by atoms with Gasteiger partial charge in [0.15, 0.2) is 0 Å². The molecule has 1 aromatic carbocycles. The molecular formula is C14H15ClN2O2. The van der Waals surface area contributed by atoms with Crippen LogP contribution >= 0.6 is 11.6 Å². The molecule has 0 atom stereocenters. The van der Waals surface area contributed by atoms with Gasteiger partial charge in [-0.15, -0.1) is 0 Å². The summed E-state index contributed by atoms with van der Waals surface area (Å²) < 4.78 is 10.8. The number of ether oxygens (including phenoxy) is 1. The molecule has 100 valence electrons. The number of halogens is 1. The molecular weight excluding hydrogens is 264 g/mol. The second kappa shape index (κ2) is 4.85. The van der Waals surface area contributed by atoms with Crippen molar-refractivity contribution in [2.75, 3.05) is 0 Å². The summed E-state index contributed by atoms with van der Waals surface area (Å²) in [6.45, 7) is 3.93. The van der Waals surface area contributed by atoms with E-state index in [9.17, 15) is 0 Å². The van der Waals surface area contributed by atoms with Crippen molar-refractivity contribution < 1.29 is 9.26 Å². The fourth-order valence-corrected chi connectivity index (χ4v) is 2.06. The summed E-state index contributed by atoms with van der Waals surface area (Å²) in [6, 6.07) is 5.54. The van der Waals surface area contributed by atoms with E-state index in [1.807, 2.05) is 26.0 Å². The molecule has 0 bridgehead atoms. The summed E-state index contributed by atoms with van der Waals surface area (Å²) in [4.78, 5) is 4.40. The van der Waals surface area contributed by atoms with E-state index in [-0.39, 0.29) is 6.10 Å². The second-order valence-corrected chi connectivity index (χ2v) is 5.45. The number of hydrogen-bond donors (Lipinski definition) is 0. The number of hydrogen-bond acceptors (Lipinski definition) is 4. The zero-order chi connectivity index (χ0) is 13.4. The van der Waals surface area contributed by atoms with Crippen molar-refractivity contribution in [1.29, 1.82) is 0 Å². The van der Waals surface area contributed by atoms with E-state index in [1.54, 1.807) is 6.07 Å². The Hall–Kier alpha value is -1.55. The van der Waals surface area contributed by atoms with Gasteiger partial charge in [0.05, 0.1) is 11.1 Å². The number of nitrogens with zero attached hydrogens (tertiary/aromatic N) is 2. The zero-order valence-electron chi connectivity index (χ0n) is 10.9. The van der Waals surface area contributed by atoms with E-state index in [4.69, 9.17) is 20.9 Å². The Bertz CT molecular complexity index is 591. The van der Waals surface area contributed by atoms with E-state index in [1.165, 1.54) is 0 Å². The van der Waals surface area contributed by atoms with Crippen molar-refractivity contribution >= 4 is 11.6 Å². The van der Waals surface area contributed by atoms with E-state index >= 15 is 0 Å². The molecule has 4 nitrogen and oxygen atoms in total. The van der Waals surface area contributed by atoms with Crippen molar-refractivity contribution in [2.45, 2.75) is 38.7 Å². The van der Waals surface area contributed by atoms with Crippen LogP contribution in [-0.4, -0.2) is 16.2 Å². The van der Waals surface area contributed by atoms with Gasteiger partial charge in [0.2, 0.25) is 11.7 Å². The molecule has 1 aliphatic carbocycles. The van der Waals surface area contributed by atoms with Crippen molar-refractivity contribution in [3.05, 3.63) is 29.1 Å². The summed E-state index contributed by atoms with van der Waals surface area (Å²) in [7, 11) is 0. The average Bonchev–Trinajstić information content (AvgIpc) is 3.10. The Labute approximate surface area is 116 Å². The van der Waals surface area contributed by atoms with Crippen LogP contribution < -0.4 is 4.74 Å². The molecule has 0 unspecified atom stereocenters. The van der Waals surface area contributed by atoms with Gasteiger partial charge in [0.25, 0.3) is 0 Å². The molecule has 0 spiro atoms. The largest absolute Gasteiger partial charge is 0.489 e. The summed E-state index contributed by atoms with van der Waals surface area (Å²) in [6.07, 6.45) is 2.38. The number of rotatable bonds is 4. The molecule has 2 aromatic rings. The van der Waals surface area contributed by atoms with Gasteiger partial charge in [-0.05, 0) is 44.9 Å². The molecule has 0 aliphatic heterocycles. The number of benzene rings is 1. The van der Waals surface area contributed by atoms with Gasteiger partial charge >= 0.3 is 0 Å². The minimum Gasteiger partial charge on any atom is -0.489 e. The fraction of sp³-hybridized carbons (Fsp3) is 0.429. The van der Waals surface area contributed by atoms with E-state index in [2.05, 4.69) is 10.1 Å². The van der Waals surface area contributed by atoms with Gasteiger partial charge in [-0.25, -0.2) is 0 Å². The van der Waals surface area contributed by atoms with Crippen LogP contribution in [0.25, 0.3) is 11.4 Å². The predicted molar refractivity (Wildman–Crippen MR) is 72.5 cm³/mol. The topological polar surface area (TPSA) is 48.2 Å². The number of aromatic nitrogens is 2. The zero-order valence-corrected chi connectivity index (χ0v) is 11.6. The van der Waals surface area contributed by atoms with Crippen LogP contribution in [-0.2, 0) is 0 Å². The first-order valence-corrected chi connectivity index (χ1v) is 6.81. The van der Waals surface area contributed by atoms with Crippen molar-refractivity contribution in [3.63, 3.8) is 0 Å². The third kappa shape index (κ3) is 2.73. The van der Waals surface area contributed by atoms with Crippen LogP contribution in [0.3, 0.4) is 0 Å². The van der Waals surface area contributed by atoms with Gasteiger partial charge in [-0.1, -0.05) is 16.8 Å². The summed E-state index contributed by atoms with van der Waals surface area (Å²) in [5.41, 5.74) is 0.844. The van der Waals surface area contributed by atoms with Gasteiger partial charge in [-0.2, -0.15) is 4.98 Å². The van der Waals surface area contributed by atoms with E-state index in [0.717, 1.165) is 24.3 Å². The smallest absolute Gasteiger partial charge is 0.230 e. The highest BCUT2D eigenvalue weighted by Crippen LogP contribution is 2.39. The standard InChI is InChI=1S/C14H15ClN2O2/c1-8(2)18-12-6-5-10(7-11(12)15)13-16-14(19-17-13)9-3-4-9/h5-9H,3-4H2,1-2H3. The minimum absolute atomic E-state index is 0.0926. The normalized spacial score (nSPS) is 14.9. The van der Waals surface area contributed by atoms with Crippen LogP contribution in [0.5, 0.6) is 5.75 Å². The van der Waals surface area contributed by atoms with Gasteiger partial charge in [0.1, 0.15) is 5.75 Å². The first kappa shape index (κ1) is 12.5. The van der Waals surface area contributed by atoms with E-state index < -0.39 is 0 Å². The molecule has 19 heavy (non-hydrogen) atoms. The Morgan fingerprint density at radius 2 is 2.16 bits per heavy atom. The molecule has 1 aliphatic rings. The molecule has 1 aromatic heterocycles. The molecule has 1 saturated carbocycles. The highest BCUT2D eigenvalue weighted by molar-refractivity contribution is 6.32. The van der Waals surface area contributed by atoms with E-state index in [0.29, 0.717) is 22.5 Å². The van der Waals surface area contributed by atoms with Crippen molar-refractivity contribution in [1.82, 2.24) is 10.1 Å². The lowest BCUT2D eigenvalue weighted by molar-refractivity contribution is 0.242. The highest BCUT2D eigenvalue weighted by atomic mass is 35.5. The molecule has 5 heteroatoms. The van der Waals surface area contributed by atoms with Crippen LogP contribution in [0.15, 0.2) is 22.7 Å².